The van der Waals surface area contributed by atoms with Gasteiger partial charge in [-0.3, -0.25) is 9.59 Å². The Bertz CT molecular complexity index is 827. The maximum absolute atomic E-state index is 13.0. The third-order valence-corrected chi connectivity index (χ3v) is 4.86. The highest BCUT2D eigenvalue weighted by Gasteiger charge is 2.40. The molecule has 0 fully saturated rings. The van der Waals surface area contributed by atoms with Crippen LogP contribution in [0.5, 0.6) is 5.75 Å². The number of hydrogen-bond donors (Lipinski definition) is 0. The molecule has 0 atom stereocenters. The van der Waals surface area contributed by atoms with E-state index in [0.29, 0.717) is 30.0 Å². The summed E-state index contributed by atoms with van der Waals surface area (Å²) in [6, 6.07) is 15.7. The van der Waals surface area contributed by atoms with Gasteiger partial charge in [0.25, 0.3) is 5.91 Å². The van der Waals surface area contributed by atoms with Gasteiger partial charge < -0.3 is 9.64 Å². The summed E-state index contributed by atoms with van der Waals surface area (Å²) in [4.78, 5) is 27.1. The van der Waals surface area contributed by atoms with Crippen molar-refractivity contribution in [2.45, 2.75) is 52.1 Å². The number of carbonyl (C=O) groups excluding carboxylic acids is 2. The van der Waals surface area contributed by atoms with Crippen molar-refractivity contribution in [3.05, 3.63) is 59.7 Å². The van der Waals surface area contributed by atoms with Crippen molar-refractivity contribution in [2.75, 3.05) is 11.4 Å². The molecule has 0 aliphatic carbocycles. The average Bonchev–Trinajstić information content (AvgIpc) is 2.65. The van der Waals surface area contributed by atoms with E-state index in [1.54, 1.807) is 24.8 Å². The Kier molecular flexibility index (Phi) is 5.64. The lowest BCUT2D eigenvalue weighted by atomic mass is 10.00. The molecule has 3 rings (SSSR count). The van der Waals surface area contributed by atoms with E-state index in [4.69, 9.17) is 4.74 Å². The molecule has 0 aromatic heterocycles. The average molecular weight is 365 g/mol. The third kappa shape index (κ3) is 4.21. The number of ether oxygens (including phenoxy) is 1. The van der Waals surface area contributed by atoms with E-state index >= 15 is 0 Å². The van der Waals surface area contributed by atoms with Gasteiger partial charge in [-0.2, -0.15) is 0 Å². The van der Waals surface area contributed by atoms with Gasteiger partial charge >= 0.3 is 0 Å². The molecule has 0 unspecified atom stereocenters. The van der Waals surface area contributed by atoms with E-state index in [9.17, 15) is 9.59 Å². The maximum atomic E-state index is 13.0. The Morgan fingerprint density at radius 3 is 2.56 bits per heavy atom. The van der Waals surface area contributed by atoms with E-state index in [0.717, 1.165) is 19.3 Å². The summed E-state index contributed by atoms with van der Waals surface area (Å²) in [5.41, 5.74) is 1.69. The molecule has 0 radical (unpaired) electrons. The number of ketones is 1. The van der Waals surface area contributed by atoms with Crippen LogP contribution in [0.1, 0.15) is 56.0 Å². The number of nitrogens with zero attached hydrogens (tertiary/aromatic N) is 1. The lowest BCUT2D eigenvalue weighted by molar-refractivity contribution is -0.132. The summed E-state index contributed by atoms with van der Waals surface area (Å²) in [5.74, 6) is 0.692. The predicted molar refractivity (Wildman–Crippen MR) is 108 cm³/mol. The second kappa shape index (κ2) is 7.95. The SMILES string of the molecule is CCCC(=O)c1ccc2c(c1)N(CCCc1ccccc1)C(=O)C(C)(C)O2. The number of anilines is 1. The molecule has 0 saturated carbocycles. The predicted octanol–water partition coefficient (Wildman–Crippen LogP) is 4.81. The summed E-state index contributed by atoms with van der Waals surface area (Å²) < 4.78 is 5.92. The van der Waals surface area contributed by atoms with Gasteiger partial charge in [-0.05, 0) is 56.9 Å². The first-order chi connectivity index (χ1) is 12.9. The smallest absolute Gasteiger partial charge is 0.270 e. The molecular formula is C23H27NO3. The van der Waals surface area contributed by atoms with Crippen LogP contribution in [0.4, 0.5) is 5.69 Å². The van der Waals surface area contributed by atoms with Crippen LogP contribution in [0.25, 0.3) is 0 Å². The molecule has 1 heterocycles. The van der Waals surface area contributed by atoms with Gasteiger partial charge in [0, 0.05) is 18.5 Å². The second-order valence-corrected chi connectivity index (χ2v) is 7.51. The lowest BCUT2D eigenvalue weighted by Gasteiger charge is -2.39. The van der Waals surface area contributed by atoms with E-state index in [1.807, 2.05) is 37.3 Å². The molecule has 0 spiro atoms. The van der Waals surface area contributed by atoms with Crippen LogP contribution in [0, 0.1) is 0 Å². The van der Waals surface area contributed by atoms with Crippen molar-refractivity contribution >= 4 is 17.4 Å². The topological polar surface area (TPSA) is 46.6 Å². The number of hydrogen-bond acceptors (Lipinski definition) is 3. The summed E-state index contributed by atoms with van der Waals surface area (Å²) in [6.07, 6.45) is 3.06. The van der Waals surface area contributed by atoms with Gasteiger partial charge in [-0.25, -0.2) is 0 Å². The summed E-state index contributed by atoms with van der Waals surface area (Å²) >= 11 is 0. The Morgan fingerprint density at radius 2 is 1.85 bits per heavy atom. The fourth-order valence-corrected chi connectivity index (χ4v) is 3.42. The Morgan fingerprint density at radius 1 is 1.11 bits per heavy atom. The summed E-state index contributed by atoms with van der Waals surface area (Å²) in [6.45, 7) is 6.16. The lowest BCUT2D eigenvalue weighted by Crippen LogP contribution is -2.52. The number of Topliss-reactive ketones (excluding diaryl/α,β-unsaturated/α-hetero) is 1. The quantitative estimate of drug-likeness (QED) is 0.662. The van der Waals surface area contributed by atoms with E-state index in [1.165, 1.54) is 5.56 Å². The van der Waals surface area contributed by atoms with Crippen LogP contribution in [0.3, 0.4) is 0 Å². The van der Waals surface area contributed by atoms with Crippen molar-refractivity contribution in [3.8, 4) is 5.75 Å². The molecular weight excluding hydrogens is 338 g/mol. The highest BCUT2D eigenvalue weighted by molar-refractivity contribution is 6.04. The minimum Gasteiger partial charge on any atom is -0.476 e. The van der Waals surface area contributed by atoms with Gasteiger partial charge in [-0.15, -0.1) is 0 Å². The monoisotopic (exact) mass is 365 g/mol. The van der Waals surface area contributed by atoms with Crippen molar-refractivity contribution in [2.24, 2.45) is 0 Å². The zero-order valence-corrected chi connectivity index (χ0v) is 16.3. The molecule has 142 valence electrons. The molecule has 0 saturated heterocycles. The van der Waals surface area contributed by atoms with Crippen LogP contribution in [-0.4, -0.2) is 23.8 Å². The molecule has 1 aliphatic rings. The van der Waals surface area contributed by atoms with Crippen LogP contribution in [0.2, 0.25) is 0 Å². The molecule has 1 amide bonds. The van der Waals surface area contributed by atoms with Gasteiger partial charge in [-0.1, -0.05) is 37.3 Å². The first-order valence-corrected chi connectivity index (χ1v) is 9.64. The molecule has 4 nitrogen and oxygen atoms in total. The van der Waals surface area contributed by atoms with E-state index in [2.05, 4.69) is 12.1 Å². The molecule has 2 aromatic rings. The van der Waals surface area contributed by atoms with Crippen molar-refractivity contribution < 1.29 is 14.3 Å². The fraction of sp³-hybridized carbons (Fsp3) is 0.391. The summed E-state index contributed by atoms with van der Waals surface area (Å²) in [7, 11) is 0. The molecule has 4 heteroatoms. The van der Waals surface area contributed by atoms with Crippen LogP contribution in [0.15, 0.2) is 48.5 Å². The van der Waals surface area contributed by atoms with E-state index in [-0.39, 0.29) is 11.7 Å². The molecule has 0 N–H and O–H groups in total. The maximum Gasteiger partial charge on any atom is 0.270 e. The second-order valence-electron chi connectivity index (χ2n) is 7.51. The highest BCUT2D eigenvalue weighted by Crippen LogP contribution is 2.38. The fourth-order valence-electron chi connectivity index (χ4n) is 3.42. The number of carbonyl (C=O) groups is 2. The molecule has 27 heavy (non-hydrogen) atoms. The third-order valence-electron chi connectivity index (χ3n) is 4.86. The first-order valence-electron chi connectivity index (χ1n) is 9.64. The largest absolute Gasteiger partial charge is 0.476 e. The minimum absolute atomic E-state index is 0.0665. The number of fused-ring (bicyclic) bond motifs is 1. The number of rotatable bonds is 7. The number of amides is 1. The van der Waals surface area contributed by atoms with Gasteiger partial charge in [0.15, 0.2) is 11.4 Å². The number of benzene rings is 2. The Balaban J connectivity index is 1.84. The van der Waals surface area contributed by atoms with Gasteiger partial charge in [0.05, 0.1) is 5.69 Å². The summed E-state index contributed by atoms with van der Waals surface area (Å²) in [5, 5.41) is 0. The number of aryl methyl sites for hydroxylation is 1. The molecule has 1 aliphatic heterocycles. The van der Waals surface area contributed by atoms with Crippen molar-refractivity contribution in [3.63, 3.8) is 0 Å². The van der Waals surface area contributed by atoms with Crippen LogP contribution < -0.4 is 9.64 Å². The van der Waals surface area contributed by atoms with Crippen molar-refractivity contribution in [1.82, 2.24) is 0 Å². The van der Waals surface area contributed by atoms with Crippen molar-refractivity contribution in [1.29, 1.82) is 0 Å². The normalized spacial score (nSPS) is 15.2. The minimum atomic E-state index is -0.908. The molecule has 2 aromatic carbocycles. The Hall–Kier alpha value is -2.62. The van der Waals surface area contributed by atoms with Gasteiger partial charge in [0.2, 0.25) is 0 Å². The van der Waals surface area contributed by atoms with Crippen LogP contribution in [-0.2, 0) is 11.2 Å². The van der Waals surface area contributed by atoms with Crippen LogP contribution >= 0.6 is 0 Å². The first kappa shape index (κ1) is 19.2. The standard InChI is InChI=1S/C23H27NO3/c1-4-9-20(25)18-13-14-21-19(16-18)24(22(26)23(2,3)27-21)15-8-12-17-10-6-5-7-11-17/h5-7,10-11,13-14,16H,4,8-9,12,15H2,1-3H3. The molecule has 0 bridgehead atoms. The van der Waals surface area contributed by atoms with Gasteiger partial charge in [0.1, 0.15) is 5.75 Å². The Labute approximate surface area is 161 Å². The zero-order valence-electron chi connectivity index (χ0n) is 16.3. The zero-order chi connectivity index (χ0) is 19.4. The van der Waals surface area contributed by atoms with E-state index < -0.39 is 5.60 Å². The highest BCUT2D eigenvalue weighted by atomic mass is 16.5.